The predicted molar refractivity (Wildman–Crippen MR) is 69.3 cm³/mol. The molecule has 0 unspecified atom stereocenters. The van der Waals surface area contributed by atoms with Crippen molar-refractivity contribution in [2.45, 2.75) is 6.54 Å². The average Bonchev–Trinajstić information content (AvgIpc) is 2.32. The van der Waals surface area contributed by atoms with Crippen molar-refractivity contribution in [2.24, 2.45) is 0 Å². The molecule has 0 bridgehead atoms. The van der Waals surface area contributed by atoms with Gasteiger partial charge in [-0.2, -0.15) is 0 Å². The van der Waals surface area contributed by atoms with E-state index in [1.165, 1.54) is 29.1 Å². The van der Waals surface area contributed by atoms with Gasteiger partial charge in [0.2, 0.25) is 0 Å². The van der Waals surface area contributed by atoms with Crippen molar-refractivity contribution in [1.29, 1.82) is 0 Å². The fraction of sp³-hybridized carbons (Fsp3) is 0.0833. The summed E-state index contributed by atoms with van der Waals surface area (Å²) in [7, 11) is 0. The second-order valence-corrected chi connectivity index (χ2v) is 4.42. The number of rotatable bonds is 3. The van der Waals surface area contributed by atoms with Gasteiger partial charge in [0.25, 0.3) is 0 Å². The smallest absolute Gasteiger partial charge is 0.292 e. The predicted octanol–water partition coefficient (Wildman–Crippen LogP) is 2.43. The fourth-order valence-corrected chi connectivity index (χ4v) is 1.98. The second-order valence-electron chi connectivity index (χ2n) is 3.58. The number of Topliss-reactive ketones (excluding diaryl/α,β-unsaturated/α-hetero) is 1. The first-order chi connectivity index (χ1) is 8.58. The van der Waals surface area contributed by atoms with Gasteiger partial charge in [-0.15, -0.1) is 0 Å². The lowest BCUT2D eigenvalue weighted by Crippen LogP contribution is -2.25. The molecule has 0 aliphatic rings. The molecule has 0 amide bonds. The van der Waals surface area contributed by atoms with E-state index in [0.29, 0.717) is 10.6 Å². The van der Waals surface area contributed by atoms with Crippen molar-refractivity contribution in [2.75, 3.05) is 0 Å². The van der Waals surface area contributed by atoms with Crippen LogP contribution in [0, 0.1) is 0 Å². The highest BCUT2D eigenvalue weighted by Crippen LogP contribution is 2.21. The molecule has 2 rings (SSSR count). The zero-order valence-corrected chi connectivity index (χ0v) is 10.6. The molecule has 18 heavy (non-hydrogen) atoms. The Morgan fingerprint density at radius 1 is 1.33 bits per heavy atom. The molecule has 1 aromatic carbocycles. The zero-order valence-electron chi connectivity index (χ0n) is 9.14. The van der Waals surface area contributed by atoms with Gasteiger partial charge in [-0.05, 0) is 24.3 Å². The SMILES string of the molecule is O=C(Cn1cccnc1=O)c1ccc(Cl)cc1Cl. The summed E-state index contributed by atoms with van der Waals surface area (Å²) in [5.41, 5.74) is -0.146. The first kappa shape index (κ1) is 12.8. The molecule has 0 radical (unpaired) electrons. The van der Waals surface area contributed by atoms with Gasteiger partial charge in [0.1, 0.15) is 0 Å². The van der Waals surface area contributed by atoms with Gasteiger partial charge in [-0.25, -0.2) is 9.78 Å². The van der Waals surface area contributed by atoms with E-state index < -0.39 is 5.69 Å². The van der Waals surface area contributed by atoms with Crippen molar-refractivity contribution in [3.8, 4) is 0 Å². The van der Waals surface area contributed by atoms with Crippen LogP contribution in [-0.2, 0) is 6.54 Å². The van der Waals surface area contributed by atoms with E-state index in [1.54, 1.807) is 12.1 Å². The van der Waals surface area contributed by atoms with Crippen LogP contribution in [0.25, 0.3) is 0 Å². The number of benzene rings is 1. The first-order valence-electron chi connectivity index (χ1n) is 5.07. The Hall–Kier alpha value is -1.65. The topological polar surface area (TPSA) is 52.0 Å². The van der Waals surface area contributed by atoms with Crippen molar-refractivity contribution >= 4 is 29.0 Å². The number of halogens is 2. The Kier molecular flexibility index (Phi) is 3.79. The highest BCUT2D eigenvalue weighted by Gasteiger charge is 2.12. The van der Waals surface area contributed by atoms with Crippen molar-refractivity contribution < 1.29 is 4.79 Å². The van der Waals surface area contributed by atoms with Crippen molar-refractivity contribution in [1.82, 2.24) is 9.55 Å². The zero-order chi connectivity index (χ0) is 13.1. The molecule has 92 valence electrons. The Bertz CT molecular complexity index is 653. The van der Waals surface area contributed by atoms with E-state index in [-0.39, 0.29) is 17.4 Å². The summed E-state index contributed by atoms with van der Waals surface area (Å²) in [6.07, 6.45) is 2.87. The van der Waals surface area contributed by atoms with Gasteiger partial charge in [0, 0.05) is 23.0 Å². The minimum atomic E-state index is -0.476. The molecular weight excluding hydrogens is 275 g/mol. The highest BCUT2D eigenvalue weighted by molar-refractivity contribution is 6.36. The molecule has 0 N–H and O–H groups in total. The Morgan fingerprint density at radius 2 is 2.11 bits per heavy atom. The molecule has 0 saturated carbocycles. The molecule has 1 aromatic heterocycles. The van der Waals surface area contributed by atoms with Crippen LogP contribution < -0.4 is 5.69 Å². The summed E-state index contributed by atoms with van der Waals surface area (Å²) < 4.78 is 1.22. The van der Waals surface area contributed by atoms with Crippen LogP contribution >= 0.6 is 23.2 Å². The molecule has 0 fully saturated rings. The maximum absolute atomic E-state index is 12.0. The molecule has 4 nitrogen and oxygen atoms in total. The first-order valence-corrected chi connectivity index (χ1v) is 5.83. The monoisotopic (exact) mass is 282 g/mol. The molecule has 0 aliphatic heterocycles. The Balaban J connectivity index is 2.28. The number of ketones is 1. The largest absolute Gasteiger partial charge is 0.347 e. The minimum absolute atomic E-state index is 0.103. The number of carbonyl (C=O) groups is 1. The number of aromatic nitrogens is 2. The fourth-order valence-electron chi connectivity index (χ4n) is 1.46. The van der Waals surface area contributed by atoms with E-state index >= 15 is 0 Å². The van der Waals surface area contributed by atoms with Gasteiger partial charge < -0.3 is 0 Å². The molecule has 6 heteroatoms. The standard InChI is InChI=1S/C12H8Cl2N2O2/c13-8-2-3-9(10(14)6-8)11(17)7-16-5-1-4-15-12(16)18/h1-6H,7H2. The number of hydrogen-bond acceptors (Lipinski definition) is 3. The molecule has 0 spiro atoms. The van der Waals surface area contributed by atoms with Gasteiger partial charge in [-0.3, -0.25) is 9.36 Å². The van der Waals surface area contributed by atoms with Gasteiger partial charge >= 0.3 is 5.69 Å². The van der Waals surface area contributed by atoms with E-state index in [0.717, 1.165) is 0 Å². The quantitative estimate of drug-likeness (QED) is 0.813. The molecular formula is C12H8Cl2N2O2. The van der Waals surface area contributed by atoms with Crippen LogP contribution in [-0.4, -0.2) is 15.3 Å². The lowest BCUT2D eigenvalue weighted by atomic mass is 10.1. The summed E-state index contributed by atoms with van der Waals surface area (Å²) >= 11 is 11.7. The number of carbonyl (C=O) groups excluding carboxylic acids is 1. The van der Waals surface area contributed by atoms with Gasteiger partial charge in [-0.1, -0.05) is 23.2 Å². The van der Waals surface area contributed by atoms with E-state index in [1.807, 2.05) is 0 Å². The van der Waals surface area contributed by atoms with Gasteiger partial charge in [0.15, 0.2) is 5.78 Å². The molecule has 0 aliphatic carbocycles. The summed E-state index contributed by atoms with van der Waals surface area (Å²) in [5, 5.41) is 0.722. The average molecular weight is 283 g/mol. The molecule has 1 heterocycles. The van der Waals surface area contributed by atoms with Gasteiger partial charge in [0.05, 0.1) is 11.6 Å². The third-order valence-electron chi connectivity index (χ3n) is 2.33. The lowest BCUT2D eigenvalue weighted by Gasteiger charge is -2.05. The van der Waals surface area contributed by atoms with E-state index in [2.05, 4.69) is 4.98 Å². The minimum Gasteiger partial charge on any atom is -0.292 e. The van der Waals surface area contributed by atoms with Crippen LogP contribution in [0.1, 0.15) is 10.4 Å². The van der Waals surface area contributed by atoms with Crippen LogP contribution in [0.5, 0.6) is 0 Å². The second kappa shape index (κ2) is 5.33. The summed E-state index contributed by atoms with van der Waals surface area (Å²) in [4.78, 5) is 26.9. The third kappa shape index (κ3) is 2.78. The van der Waals surface area contributed by atoms with Crippen LogP contribution in [0.2, 0.25) is 10.0 Å². The van der Waals surface area contributed by atoms with Crippen LogP contribution in [0.15, 0.2) is 41.5 Å². The Morgan fingerprint density at radius 3 is 2.78 bits per heavy atom. The third-order valence-corrected chi connectivity index (χ3v) is 2.88. The van der Waals surface area contributed by atoms with E-state index in [4.69, 9.17) is 23.2 Å². The Labute approximate surface area is 113 Å². The maximum Gasteiger partial charge on any atom is 0.347 e. The summed E-state index contributed by atoms with van der Waals surface area (Å²) in [6, 6.07) is 6.18. The number of nitrogens with zero attached hydrogens (tertiary/aromatic N) is 2. The van der Waals surface area contributed by atoms with Crippen LogP contribution in [0.4, 0.5) is 0 Å². The molecule has 2 aromatic rings. The van der Waals surface area contributed by atoms with Crippen molar-refractivity contribution in [3.63, 3.8) is 0 Å². The summed E-state index contributed by atoms with van der Waals surface area (Å²) in [5.74, 6) is -0.272. The van der Waals surface area contributed by atoms with Crippen LogP contribution in [0.3, 0.4) is 0 Å². The van der Waals surface area contributed by atoms with Crippen molar-refractivity contribution in [3.05, 3.63) is 62.8 Å². The maximum atomic E-state index is 12.0. The van der Waals surface area contributed by atoms with E-state index in [9.17, 15) is 9.59 Å². The number of hydrogen-bond donors (Lipinski definition) is 0. The highest BCUT2D eigenvalue weighted by atomic mass is 35.5. The lowest BCUT2D eigenvalue weighted by molar-refractivity contribution is 0.0970. The normalized spacial score (nSPS) is 10.3. The molecule has 0 saturated heterocycles. The molecule has 0 atom stereocenters. The summed E-state index contributed by atoms with van der Waals surface area (Å²) in [6.45, 7) is -0.103.